The highest BCUT2D eigenvalue weighted by Crippen LogP contribution is 2.49. The third-order valence-corrected chi connectivity index (χ3v) is 8.75. The molecule has 1 saturated carbocycles. The molecule has 1 atom stereocenters. The molecule has 0 radical (unpaired) electrons. The maximum absolute atomic E-state index is 14.4. The molecule has 2 amide bonds. The molecule has 11 nitrogen and oxygen atoms in total. The highest BCUT2D eigenvalue weighted by Gasteiger charge is 2.64. The predicted octanol–water partition coefficient (Wildman–Crippen LogP) is 7.81. The van der Waals surface area contributed by atoms with Crippen LogP contribution in [0.3, 0.4) is 0 Å². The first-order valence-electron chi connectivity index (χ1n) is 16.2. The molecule has 0 spiro atoms. The number of pyridine rings is 1. The number of hydrogen-bond donors (Lipinski definition) is 2. The van der Waals surface area contributed by atoms with Gasteiger partial charge in [-0.2, -0.15) is 18.3 Å². The fourth-order valence-electron chi connectivity index (χ4n) is 5.25. The first-order valence-corrected chi connectivity index (χ1v) is 16.6. The number of amides is 2. The molecule has 18 heteroatoms. The van der Waals surface area contributed by atoms with E-state index in [1.165, 1.54) is 42.5 Å². The second-order valence-electron chi connectivity index (χ2n) is 13.5. The molecule has 4 aromatic rings. The number of guanidine groups is 1. The van der Waals surface area contributed by atoms with Crippen LogP contribution in [0.2, 0.25) is 5.02 Å². The van der Waals surface area contributed by atoms with E-state index >= 15 is 0 Å². The van der Waals surface area contributed by atoms with E-state index in [1.807, 2.05) is 26.1 Å². The average Bonchev–Trinajstić information content (AvgIpc) is 3.72. The fourth-order valence-corrected chi connectivity index (χ4v) is 5.45. The van der Waals surface area contributed by atoms with Gasteiger partial charge in [0.15, 0.2) is 11.8 Å². The van der Waals surface area contributed by atoms with Gasteiger partial charge in [0.1, 0.15) is 24.3 Å². The number of carbonyl (C=O) groups excluding carboxylic acids is 2. The molecule has 2 heterocycles. The van der Waals surface area contributed by atoms with Gasteiger partial charge in [0.25, 0.3) is 12.3 Å². The van der Waals surface area contributed by atoms with Crippen molar-refractivity contribution in [1.82, 2.24) is 30.0 Å². The van der Waals surface area contributed by atoms with Gasteiger partial charge in [0.2, 0.25) is 0 Å². The summed E-state index contributed by atoms with van der Waals surface area (Å²) in [6.07, 6.45) is -7.44. The lowest BCUT2D eigenvalue weighted by Crippen LogP contribution is -2.49. The minimum absolute atomic E-state index is 0.0471. The lowest BCUT2D eigenvalue weighted by Gasteiger charge is -2.32. The summed E-state index contributed by atoms with van der Waals surface area (Å²) in [5, 5.41) is 5.69. The maximum Gasteiger partial charge on any atom is 0.411 e. The Bertz CT molecular complexity index is 1960. The van der Waals surface area contributed by atoms with Crippen molar-refractivity contribution in [2.75, 3.05) is 13.2 Å². The van der Waals surface area contributed by atoms with Gasteiger partial charge in [-0.3, -0.25) is 19.7 Å². The van der Waals surface area contributed by atoms with Crippen molar-refractivity contribution in [3.05, 3.63) is 94.9 Å². The minimum Gasteiger partial charge on any atom is -0.447 e. The molecular formula is C35H35ClF6N8O3. The number of nitrogens with one attached hydrogen (secondary N) is 1. The first-order chi connectivity index (χ1) is 24.9. The van der Waals surface area contributed by atoms with Crippen LogP contribution in [0.5, 0.6) is 0 Å². The number of nitrogens with zero attached hydrogens (tertiary/aromatic N) is 6. The summed E-state index contributed by atoms with van der Waals surface area (Å²) in [5.41, 5.74) is 4.91. The lowest BCUT2D eigenvalue weighted by atomic mass is 9.92. The standard InChI is InChI=1S/C35H35ClF6N8O3/c1-33(2,3)14-15-44-31(43)49(30(51)21-6-4-20(5-7-21)25-11-9-23(37)17-45-25)27(18-53-32(52)48-34(12-13-34)35(40,41)42)22-8-10-24(36)26(16-22)50-29(28(38)39)46-19-47-50/h4-11,16-17,19,27-28H,12-15,18H2,1-3H3,(H2,43,44)(H,48,52)/t27-/m1/s1. The van der Waals surface area contributed by atoms with Crippen LogP contribution in [0, 0.1) is 11.2 Å². The Labute approximate surface area is 305 Å². The van der Waals surface area contributed by atoms with Crippen molar-refractivity contribution in [3.8, 4) is 16.9 Å². The molecule has 0 aliphatic heterocycles. The monoisotopic (exact) mass is 764 g/mol. The van der Waals surface area contributed by atoms with Crippen molar-refractivity contribution in [3.63, 3.8) is 0 Å². The first kappa shape index (κ1) is 39.0. The van der Waals surface area contributed by atoms with Crippen LogP contribution in [-0.4, -0.2) is 67.5 Å². The van der Waals surface area contributed by atoms with E-state index in [2.05, 4.69) is 20.1 Å². The van der Waals surface area contributed by atoms with Gasteiger partial charge in [0, 0.05) is 17.7 Å². The van der Waals surface area contributed by atoms with Crippen LogP contribution < -0.4 is 11.1 Å². The largest absolute Gasteiger partial charge is 0.447 e. The zero-order chi connectivity index (χ0) is 38.7. The SMILES string of the molecule is CC(C)(C)CCN=C(N)N(C(=O)c1ccc(-c2ccc(F)cn2)cc1)[C@H](COC(=O)NC1(C(F)(F)F)CC1)c1ccc(Cl)c(-n2ncnc2C(F)F)c1. The van der Waals surface area contributed by atoms with E-state index < -0.39 is 54.4 Å². The Hall–Kier alpha value is -5.19. The number of alkyl halides is 5. The third-order valence-electron chi connectivity index (χ3n) is 8.43. The van der Waals surface area contributed by atoms with Crippen molar-refractivity contribution < 1.29 is 40.7 Å². The Balaban J connectivity index is 1.58. The molecule has 1 aliphatic carbocycles. The van der Waals surface area contributed by atoms with E-state index in [9.17, 15) is 35.9 Å². The molecule has 3 N–H and O–H groups in total. The van der Waals surface area contributed by atoms with Crippen LogP contribution in [-0.2, 0) is 4.74 Å². The Kier molecular flexibility index (Phi) is 11.4. The van der Waals surface area contributed by atoms with E-state index in [4.69, 9.17) is 22.1 Å². The summed E-state index contributed by atoms with van der Waals surface area (Å²) < 4.78 is 88.2. The van der Waals surface area contributed by atoms with Crippen LogP contribution >= 0.6 is 11.6 Å². The molecular weight excluding hydrogens is 730 g/mol. The smallest absolute Gasteiger partial charge is 0.411 e. The summed E-state index contributed by atoms with van der Waals surface area (Å²) in [5.74, 6) is -2.39. The van der Waals surface area contributed by atoms with Gasteiger partial charge in [-0.05, 0) is 66.6 Å². The molecule has 1 aliphatic rings. The number of carbonyl (C=O) groups is 2. The van der Waals surface area contributed by atoms with E-state index in [0.717, 1.165) is 22.1 Å². The zero-order valence-corrected chi connectivity index (χ0v) is 29.4. The van der Waals surface area contributed by atoms with Crippen LogP contribution in [0.25, 0.3) is 16.9 Å². The minimum atomic E-state index is -4.74. The molecule has 0 bridgehead atoms. The summed E-state index contributed by atoms with van der Waals surface area (Å²) in [6.45, 7) is 5.29. The summed E-state index contributed by atoms with van der Waals surface area (Å²) in [4.78, 5) is 40.4. The Morgan fingerprint density at radius 1 is 1.08 bits per heavy atom. The number of nitrogens with two attached hydrogens (primary N) is 1. The second-order valence-corrected chi connectivity index (χ2v) is 13.9. The van der Waals surface area contributed by atoms with E-state index in [0.29, 0.717) is 17.7 Å². The Morgan fingerprint density at radius 3 is 2.36 bits per heavy atom. The maximum atomic E-state index is 14.4. The number of alkyl carbamates (subject to hydrolysis) is 1. The molecule has 53 heavy (non-hydrogen) atoms. The van der Waals surface area contributed by atoms with Crippen LogP contribution in [0.15, 0.2) is 72.1 Å². The number of benzene rings is 2. The molecule has 0 unspecified atom stereocenters. The summed E-state index contributed by atoms with van der Waals surface area (Å²) in [6, 6.07) is 11.3. The van der Waals surface area contributed by atoms with Crippen molar-refractivity contribution >= 4 is 29.6 Å². The zero-order valence-electron chi connectivity index (χ0n) is 28.7. The highest BCUT2D eigenvalue weighted by atomic mass is 35.5. The molecule has 1 fully saturated rings. The number of halogens is 7. The summed E-state index contributed by atoms with van der Waals surface area (Å²) in [7, 11) is 0. The predicted molar refractivity (Wildman–Crippen MR) is 183 cm³/mol. The number of aliphatic imine (C=N–C) groups is 1. The number of ether oxygens (including phenoxy) is 1. The van der Waals surface area contributed by atoms with Gasteiger partial charge in [0.05, 0.1) is 28.6 Å². The molecule has 282 valence electrons. The summed E-state index contributed by atoms with van der Waals surface area (Å²) >= 11 is 6.41. The van der Waals surface area contributed by atoms with E-state index in [1.54, 1.807) is 12.1 Å². The number of aromatic nitrogens is 4. The van der Waals surface area contributed by atoms with Gasteiger partial charge in [-0.15, -0.1) is 0 Å². The van der Waals surface area contributed by atoms with Gasteiger partial charge in [-0.1, -0.05) is 50.6 Å². The number of hydrogen-bond acceptors (Lipinski definition) is 7. The van der Waals surface area contributed by atoms with Crippen molar-refractivity contribution in [1.29, 1.82) is 0 Å². The van der Waals surface area contributed by atoms with Crippen molar-refractivity contribution in [2.45, 2.75) is 64.2 Å². The van der Waals surface area contributed by atoms with E-state index in [-0.39, 0.29) is 52.6 Å². The topological polar surface area (TPSA) is 141 Å². The molecule has 2 aromatic carbocycles. The van der Waals surface area contributed by atoms with Gasteiger partial charge in [-0.25, -0.2) is 27.6 Å². The van der Waals surface area contributed by atoms with Gasteiger partial charge >= 0.3 is 12.3 Å². The normalized spacial score (nSPS) is 14.9. The average molecular weight is 765 g/mol. The van der Waals surface area contributed by atoms with Gasteiger partial charge < -0.3 is 15.8 Å². The fraction of sp³-hybridized carbons (Fsp3) is 0.371. The molecule has 0 saturated heterocycles. The Morgan fingerprint density at radius 2 is 1.77 bits per heavy atom. The third kappa shape index (κ3) is 9.25. The lowest BCUT2D eigenvalue weighted by molar-refractivity contribution is -0.164. The molecule has 5 rings (SSSR count). The van der Waals surface area contributed by atoms with Crippen LogP contribution in [0.1, 0.15) is 74.2 Å². The highest BCUT2D eigenvalue weighted by molar-refractivity contribution is 6.32. The van der Waals surface area contributed by atoms with Crippen LogP contribution in [0.4, 0.5) is 31.1 Å². The molecule has 2 aromatic heterocycles. The number of rotatable bonds is 11. The van der Waals surface area contributed by atoms with Crippen molar-refractivity contribution in [2.24, 2.45) is 16.1 Å². The second kappa shape index (κ2) is 15.4. The quantitative estimate of drug-likeness (QED) is 0.0902.